The summed E-state index contributed by atoms with van der Waals surface area (Å²) >= 11 is 0. The fourth-order valence-electron chi connectivity index (χ4n) is 4.21. The maximum atomic E-state index is 12.6. The summed E-state index contributed by atoms with van der Waals surface area (Å²) in [6.45, 7) is 1.80. The van der Waals surface area contributed by atoms with Gasteiger partial charge in [-0.2, -0.15) is 0 Å². The molecule has 0 radical (unpaired) electrons. The molecule has 0 bridgehead atoms. The fourth-order valence-corrected chi connectivity index (χ4v) is 4.21. The summed E-state index contributed by atoms with van der Waals surface area (Å²) in [5.41, 5.74) is 2.77. The summed E-state index contributed by atoms with van der Waals surface area (Å²) in [5, 5.41) is 2.94. The van der Waals surface area contributed by atoms with Crippen LogP contribution in [0.1, 0.15) is 49.8 Å². The Hall–Kier alpha value is -1.95. The molecular weight excluding hydrogens is 318 g/mol. The van der Waals surface area contributed by atoms with Gasteiger partial charge in [0.05, 0.1) is 31.0 Å². The van der Waals surface area contributed by atoms with Crippen molar-refractivity contribution in [1.82, 2.24) is 9.88 Å². The van der Waals surface area contributed by atoms with E-state index in [0.29, 0.717) is 37.9 Å². The van der Waals surface area contributed by atoms with Crippen molar-refractivity contribution in [1.29, 1.82) is 0 Å². The minimum Gasteiger partial charge on any atom is -0.376 e. The van der Waals surface area contributed by atoms with Crippen molar-refractivity contribution >= 4 is 17.5 Å². The van der Waals surface area contributed by atoms with E-state index >= 15 is 0 Å². The number of rotatable bonds is 3. The van der Waals surface area contributed by atoms with Crippen molar-refractivity contribution in [2.45, 2.75) is 57.6 Å². The minimum absolute atomic E-state index is 0.0786. The first-order valence-corrected chi connectivity index (χ1v) is 9.36. The Bertz CT molecular complexity index is 670. The number of pyridine rings is 1. The van der Waals surface area contributed by atoms with E-state index in [1.54, 1.807) is 6.20 Å². The van der Waals surface area contributed by atoms with Crippen LogP contribution in [0, 0.1) is 5.92 Å². The number of nitrogens with one attached hydrogen (secondary N) is 1. The summed E-state index contributed by atoms with van der Waals surface area (Å²) in [7, 11) is 0. The number of aromatic nitrogens is 1. The summed E-state index contributed by atoms with van der Waals surface area (Å²) in [4.78, 5) is 31.3. The number of carbonyl (C=O) groups excluding carboxylic acids is 2. The zero-order chi connectivity index (χ0) is 17.2. The third-order valence-corrected chi connectivity index (χ3v) is 5.61. The largest absolute Gasteiger partial charge is 0.376 e. The van der Waals surface area contributed by atoms with Gasteiger partial charge in [-0.05, 0) is 18.9 Å². The van der Waals surface area contributed by atoms with E-state index in [9.17, 15) is 9.59 Å². The quantitative estimate of drug-likeness (QED) is 0.914. The van der Waals surface area contributed by atoms with Gasteiger partial charge in [0, 0.05) is 36.7 Å². The number of hydrogen-bond acceptors (Lipinski definition) is 4. The van der Waals surface area contributed by atoms with Gasteiger partial charge in [0.1, 0.15) is 0 Å². The Morgan fingerprint density at radius 1 is 1.28 bits per heavy atom. The van der Waals surface area contributed by atoms with Crippen LogP contribution in [-0.4, -0.2) is 40.9 Å². The Labute approximate surface area is 147 Å². The molecule has 6 nitrogen and oxygen atoms in total. The normalized spacial score (nSPS) is 24.2. The first-order chi connectivity index (χ1) is 12.2. The Morgan fingerprint density at radius 2 is 2.12 bits per heavy atom. The van der Waals surface area contributed by atoms with Gasteiger partial charge in [0.25, 0.3) is 0 Å². The van der Waals surface area contributed by atoms with Crippen LogP contribution in [0.25, 0.3) is 0 Å². The maximum absolute atomic E-state index is 12.6. The molecule has 1 N–H and O–H groups in total. The Kier molecular flexibility index (Phi) is 4.70. The van der Waals surface area contributed by atoms with Crippen molar-refractivity contribution in [3.05, 3.63) is 23.5 Å². The van der Waals surface area contributed by atoms with Gasteiger partial charge < -0.3 is 15.0 Å². The molecule has 2 amide bonds. The van der Waals surface area contributed by atoms with Crippen LogP contribution in [0.15, 0.2) is 12.3 Å². The molecular formula is C19H25N3O3. The number of nitrogens with zero attached hydrogens (tertiary/aromatic N) is 2. The zero-order valence-corrected chi connectivity index (χ0v) is 14.5. The van der Waals surface area contributed by atoms with E-state index in [0.717, 1.165) is 30.5 Å². The molecule has 134 valence electrons. The van der Waals surface area contributed by atoms with E-state index in [2.05, 4.69) is 10.3 Å². The summed E-state index contributed by atoms with van der Waals surface area (Å²) in [6.07, 6.45) is 8.64. The van der Waals surface area contributed by atoms with E-state index < -0.39 is 0 Å². The second-order valence-electron chi connectivity index (χ2n) is 7.36. The highest BCUT2D eigenvalue weighted by Gasteiger charge is 2.38. The second-order valence-corrected chi connectivity index (χ2v) is 7.36. The van der Waals surface area contributed by atoms with Crippen molar-refractivity contribution < 1.29 is 14.3 Å². The van der Waals surface area contributed by atoms with E-state index in [-0.39, 0.29) is 17.7 Å². The second kappa shape index (κ2) is 7.12. The third-order valence-electron chi connectivity index (χ3n) is 5.61. The topological polar surface area (TPSA) is 71.5 Å². The smallest absolute Gasteiger partial charge is 0.229 e. The van der Waals surface area contributed by atoms with Gasteiger partial charge in [-0.25, -0.2) is 0 Å². The highest BCUT2D eigenvalue weighted by molar-refractivity contribution is 5.97. The molecule has 3 aliphatic rings. The minimum atomic E-state index is -0.262. The standard InChI is InChI=1S/C19H25N3O3/c23-18-9-13(11-22(18)16-4-2-1-3-5-16)19(24)21-15-8-14-12-25-7-6-17(14)20-10-15/h8,10,13,16H,1-7,9,11-12H2,(H,21,24). The molecule has 1 saturated carbocycles. The molecule has 1 saturated heterocycles. The summed E-state index contributed by atoms with van der Waals surface area (Å²) < 4.78 is 5.45. The monoisotopic (exact) mass is 343 g/mol. The molecule has 3 heterocycles. The molecule has 1 aromatic rings. The zero-order valence-electron chi connectivity index (χ0n) is 14.5. The number of ether oxygens (including phenoxy) is 1. The molecule has 1 unspecified atom stereocenters. The van der Waals surface area contributed by atoms with Crippen LogP contribution in [0.2, 0.25) is 0 Å². The maximum Gasteiger partial charge on any atom is 0.229 e. The lowest BCUT2D eigenvalue weighted by molar-refractivity contribution is -0.130. The average Bonchev–Trinajstić information content (AvgIpc) is 3.04. The van der Waals surface area contributed by atoms with Gasteiger partial charge in [-0.1, -0.05) is 19.3 Å². The van der Waals surface area contributed by atoms with Crippen molar-refractivity contribution in [2.75, 3.05) is 18.5 Å². The summed E-state index contributed by atoms with van der Waals surface area (Å²) in [5.74, 6) is -0.212. The summed E-state index contributed by atoms with van der Waals surface area (Å²) in [6, 6.07) is 2.27. The number of anilines is 1. The van der Waals surface area contributed by atoms with E-state index in [4.69, 9.17) is 4.74 Å². The molecule has 1 aromatic heterocycles. The van der Waals surface area contributed by atoms with Gasteiger partial charge in [-0.3, -0.25) is 14.6 Å². The number of carbonyl (C=O) groups is 2. The van der Waals surface area contributed by atoms with Gasteiger partial charge in [-0.15, -0.1) is 0 Å². The van der Waals surface area contributed by atoms with Crippen LogP contribution >= 0.6 is 0 Å². The predicted molar refractivity (Wildman–Crippen MR) is 92.9 cm³/mol. The van der Waals surface area contributed by atoms with Crippen LogP contribution in [0.3, 0.4) is 0 Å². The third kappa shape index (κ3) is 3.54. The van der Waals surface area contributed by atoms with Gasteiger partial charge in [0.15, 0.2) is 0 Å². The highest BCUT2D eigenvalue weighted by atomic mass is 16.5. The van der Waals surface area contributed by atoms with E-state index in [1.807, 2.05) is 11.0 Å². The van der Waals surface area contributed by atoms with Crippen molar-refractivity contribution in [2.24, 2.45) is 5.92 Å². The molecule has 1 atom stereocenters. The molecule has 2 fully saturated rings. The molecule has 0 aromatic carbocycles. The van der Waals surface area contributed by atoms with Crippen molar-refractivity contribution in [3.8, 4) is 0 Å². The fraction of sp³-hybridized carbons (Fsp3) is 0.632. The number of fused-ring (bicyclic) bond motifs is 1. The van der Waals surface area contributed by atoms with Gasteiger partial charge in [0.2, 0.25) is 11.8 Å². The lowest BCUT2D eigenvalue weighted by Crippen LogP contribution is -2.38. The highest BCUT2D eigenvalue weighted by Crippen LogP contribution is 2.29. The molecule has 2 aliphatic heterocycles. The predicted octanol–water partition coefficient (Wildman–Crippen LogP) is 2.27. The lowest BCUT2D eigenvalue weighted by Gasteiger charge is -2.31. The number of amides is 2. The number of hydrogen-bond donors (Lipinski definition) is 1. The molecule has 6 heteroatoms. The molecule has 25 heavy (non-hydrogen) atoms. The average molecular weight is 343 g/mol. The number of likely N-dealkylation sites (tertiary alicyclic amines) is 1. The van der Waals surface area contributed by atoms with Crippen molar-refractivity contribution in [3.63, 3.8) is 0 Å². The van der Waals surface area contributed by atoms with Crippen LogP contribution < -0.4 is 5.32 Å². The Morgan fingerprint density at radius 3 is 2.96 bits per heavy atom. The Balaban J connectivity index is 1.39. The SMILES string of the molecule is O=C(Nc1cnc2c(c1)COCC2)C1CC(=O)N(C2CCCCC2)C1. The first-order valence-electron chi connectivity index (χ1n) is 9.36. The van der Waals surface area contributed by atoms with Crippen LogP contribution in [0.4, 0.5) is 5.69 Å². The van der Waals surface area contributed by atoms with E-state index in [1.165, 1.54) is 19.3 Å². The molecule has 0 spiro atoms. The molecule has 4 rings (SSSR count). The first kappa shape index (κ1) is 16.5. The van der Waals surface area contributed by atoms with Gasteiger partial charge >= 0.3 is 0 Å². The van der Waals surface area contributed by atoms with Crippen LogP contribution in [0.5, 0.6) is 0 Å². The molecule has 1 aliphatic carbocycles. The lowest BCUT2D eigenvalue weighted by atomic mass is 9.94. The van der Waals surface area contributed by atoms with Crippen LogP contribution in [-0.2, 0) is 27.4 Å².